The zero-order valence-corrected chi connectivity index (χ0v) is 8.47. The molecule has 0 saturated heterocycles. The summed E-state index contributed by atoms with van der Waals surface area (Å²) in [5.74, 6) is 0.668. The Balaban J connectivity index is 2.37. The third kappa shape index (κ3) is 2.02. The van der Waals surface area contributed by atoms with Crippen LogP contribution in [0.5, 0.6) is 0 Å². The second kappa shape index (κ2) is 4.18. The number of rotatable bonds is 3. The quantitative estimate of drug-likeness (QED) is 0.805. The molecule has 0 saturated carbocycles. The lowest BCUT2D eigenvalue weighted by atomic mass is 10.2. The molecule has 0 bridgehead atoms. The molecule has 0 atom stereocenters. The maximum atomic E-state index is 5.46. The van der Waals surface area contributed by atoms with E-state index in [0.717, 1.165) is 11.3 Å². The van der Waals surface area contributed by atoms with Gasteiger partial charge in [0.15, 0.2) is 5.76 Å². The molecule has 78 valence electrons. The first-order valence-corrected chi connectivity index (χ1v) is 4.74. The minimum absolute atomic E-state index is 0.563. The minimum Gasteiger partial charge on any atom is -0.354 e. The molecule has 15 heavy (non-hydrogen) atoms. The van der Waals surface area contributed by atoms with E-state index in [9.17, 15) is 0 Å². The van der Waals surface area contributed by atoms with Crippen LogP contribution in [0.2, 0.25) is 0 Å². The predicted molar refractivity (Wildman–Crippen MR) is 55.0 cm³/mol. The van der Waals surface area contributed by atoms with E-state index in [0.29, 0.717) is 24.4 Å². The Morgan fingerprint density at radius 3 is 2.87 bits per heavy atom. The van der Waals surface area contributed by atoms with Gasteiger partial charge in [0.25, 0.3) is 0 Å². The molecule has 0 aromatic carbocycles. The van der Waals surface area contributed by atoms with Crippen molar-refractivity contribution in [2.45, 2.75) is 13.3 Å². The van der Waals surface area contributed by atoms with Gasteiger partial charge in [-0.2, -0.15) is 0 Å². The van der Waals surface area contributed by atoms with E-state index in [4.69, 9.17) is 10.3 Å². The van der Waals surface area contributed by atoms with Crippen LogP contribution in [0.3, 0.4) is 0 Å². The van der Waals surface area contributed by atoms with Gasteiger partial charge in [0.1, 0.15) is 5.69 Å². The van der Waals surface area contributed by atoms with Gasteiger partial charge in [-0.1, -0.05) is 5.16 Å². The highest BCUT2D eigenvalue weighted by Crippen LogP contribution is 2.19. The average molecular weight is 204 g/mol. The zero-order valence-electron chi connectivity index (χ0n) is 8.47. The zero-order chi connectivity index (χ0) is 10.7. The average Bonchev–Trinajstić information content (AvgIpc) is 2.65. The van der Waals surface area contributed by atoms with Crippen LogP contribution in [0.4, 0.5) is 0 Å². The molecular weight excluding hydrogens is 192 g/mol. The van der Waals surface area contributed by atoms with Crippen molar-refractivity contribution in [1.82, 2.24) is 15.1 Å². The Morgan fingerprint density at radius 2 is 2.20 bits per heavy atom. The van der Waals surface area contributed by atoms with Crippen molar-refractivity contribution in [3.63, 3.8) is 0 Å². The summed E-state index contributed by atoms with van der Waals surface area (Å²) in [4.78, 5) is 8.48. The molecule has 0 fully saturated rings. The summed E-state index contributed by atoms with van der Waals surface area (Å²) in [5, 5.41) is 3.71. The molecule has 2 heterocycles. The van der Waals surface area contributed by atoms with Crippen LogP contribution < -0.4 is 5.73 Å². The molecule has 0 radical (unpaired) electrons. The van der Waals surface area contributed by atoms with Crippen LogP contribution in [0, 0.1) is 6.92 Å². The first-order chi connectivity index (χ1) is 7.31. The summed E-state index contributed by atoms with van der Waals surface area (Å²) in [6.07, 6.45) is 5.75. The Bertz CT molecular complexity index is 452. The first kappa shape index (κ1) is 9.79. The summed E-state index contributed by atoms with van der Waals surface area (Å²) < 4.78 is 5.10. The Morgan fingerprint density at radius 1 is 1.33 bits per heavy atom. The first-order valence-electron chi connectivity index (χ1n) is 4.74. The van der Waals surface area contributed by atoms with Crippen LogP contribution in [0.25, 0.3) is 11.5 Å². The molecule has 0 unspecified atom stereocenters. The number of nitrogens with zero attached hydrogens (tertiary/aromatic N) is 3. The molecule has 0 aliphatic heterocycles. The molecule has 0 spiro atoms. The van der Waals surface area contributed by atoms with E-state index >= 15 is 0 Å². The number of hydrogen-bond donors (Lipinski definition) is 1. The molecule has 2 aromatic rings. The molecule has 2 aromatic heterocycles. The lowest BCUT2D eigenvalue weighted by molar-refractivity contribution is 0.430. The van der Waals surface area contributed by atoms with Crippen molar-refractivity contribution in [1.29, 1.82) is 0 Å². The smallest absolute Gasteiger partial charge is 0.189 e. The second-order valence-electron chi connectivity index (χ2n) is 3.27. The van der Waals surface area contributed by atoms with Gasteiger partial charge in [0.05, 0.1) is 18.1 Å². The van der Waals surface area contributed by atoms with Crippen LogP contribution in [0.15, 0.2) is 23.1 Å². The molecule has 0 aliphatic rings. The SMILES string of the molecule is Cc1cnoc1-c1cncc(CCN)n1. The highest BCUT2D eigenvalue weighted by Gasteiger charge is 2.09. The lowest BCUT2D eigenvalue weighted by Crippen LogP contribution is -2.05. The van der Waals surface area contributed by atoms with E-state index < -0.39 is 0 Å². The minimum atomic E-state index is 0.563. The third-order valence-corrected chi connectivity index (χ3v) is 2.07. The van der Waals surface area contributed by atoms with E-state index in [-0.39, 0.29) is 0 Å². The van der Waals surface area contributed by atoms with Gasteiger partial charge >= 0.3 is 0 Å². The fourth-order valence-corrected chi connectivity index (χ4v) is 1.32. The number of aryl methyl sites for hydroxylation is 1. The standard InChI is InChI=1S/C10H12N4O/c1-7-4-13-15-10(7)9-6-12-5-8(14-9)2-3-11/h4-6H,2-3,11H2,1H3. The van der Waals surface area contributed by atoms with Gasteiger partial charge in [-0.3, -0.25) is 4.98 Å². The van der Waals surface area contributed by atoms with Crippen molar-refractivity contribution in [2.75, 3.05) is 6.54 Å². The number of hydrogen-bond acceptors (Lipinski definition) is 5. The van der Waals surface area contributed by atoms with Gasteiger partial charge in [-0.05, 0) is 13.5 Å². The van der Waals surface area contributed by atoms with E-state index in [1.807, 2.05) is 6.92 Å². The summed E-state index contributed by atoms with van der Waals surface area (Å²) in [5.41, 5.74) is 7.98. The van der Waals surface area contributed by atoms with Crippen molar-refractivity contribution in [2.24, 2.45) is 5.73 Å². The molecule has 0 aliphatic carbocycles. The molecule has 0 amide bonds. The van der Waals surface area contributed by atoms with E-state index in [2.05, 4.69) is 15.1 Å². The normalized spacial score (nSPS) is 10.5. The third-order valence-electron chi connectivity index (χ3n) is 2.07. The summed E-state index contributed by atoms with van der Waals surface area (Å²) in [6.45, 7) is 2.48. The van der Waals surface area contributed by atoms with Crippen LogP contribution in [-0.4, -0.2) is 21.7 Å². The van der Waals surface area contributed by atoms with Crippen LogP contribution >= 0.6 is 0 Å². The highest BCUT2D eigenvalue weighted by molar-refractivity contribution is 5.54. The van der Waals surface area contributed by atoms with Crippen molar-refractivity contribution in [3.8, 4) is 11.5 Å². The van der Waals surface area contributed by atoms with Gasteiger partial charge in [0.2, 0.25) is 0 Å². The highest BCUT2D eigenvalue weighted by atomic mass is 16.5. The molecule has 5 nitrogen and oxygen atoms in total. The fraction of sp³-hybridized carbons (Fsp3) is 0.300. The lowest BCUT2D eigenvalue weighted by Gasteiger charge is -2.00. The fourth-order valence-electron chi connectivity index (χ4n) is 1.32. The molecule has 5 heteroatoms. The van der Waals surface area contributed by atoms with Crippen LogP contribution in [-0.2, 0) is 6.42 Å². The van der Waals surface area contributed by atoms with Crippen molar-refractivity contribution in [3.05, 3.63) is 29.8 Å². The predicted octanol–water partition coefficient (Wildman–Crippen LogP) is 0.941. The summed E-state index contributed by atoms with van der Waals surface area (Å²) in [7, 11) is 0. The monoisotopic (exact) mass is 204 g/mol. The largest absolute Gasteiger partial charge is 0.354 e. The second-order valence-corrected chi connectivity index (χ2v) is 3.27. The molecule has 2 rings (SSSR count). The Kier molecular flexibility index (Phi) is 2.73. The van der Waals surface area contributed by atoms with Crippen molar-refractivity contribution < 1.29 is 4.52 Å². The summed E-state index contributed by atoms with van der Waals surface area (Å²) in [6, 6.07) is 0. The van der Waals surface area contributed by atoms with E-state index in [1.54, 1.807) is 18.6 Å². The van der Waals surface area contributed by atoms with Gasteiger partial charge in [-0.15, -0.1) is 0 Å². The maximum absolute atomic E-state index is 5.46. The Labute approximate surface area is 87.3 Å². The van der Waals surface area contributed by atoms with Gasteiger partial charge < -0.3 is 10.3 Å². The maximum Gasteiger partial charge on any atom is 0.189 e. The number of aromatic nitrogens is 3. The van der Waals surface area contributed by atoms with E-state index in [1.165, 1.54) is 0 Å². The summed E-state index contributed by atoms with van der Waals surface area (Å²) >= 11 is 0. The van der Waals surface area contributed by atoms with Crippen LogP contribution in [0.1, 0.15) is 11.3 Å². The number of nitrogens with two attached hydrogens (primary N) is 1. The molecular formula is C10H12N4O. The van der Waals surface area contributed by atoms with Crippen molar-refractivity contribution >= 4 is 0 Å². The Hall–Kier alpha value is -1.75. The van der Waals surface area contributed by atoms with Gasteiger partial charge in [-0.25, -0.2) is 4.98 Å². The van der Waals surface area contributed by atoms with Gasteiger partial charge in [0, 0.05) is 18.2 Å². The molecule has 2 N–H and O–H groups in total. The topological polar surface area (TPSA) is 77.8 Å².